The van der Waals surface area contributed by atoms with E-state index in [0.717, 1.165) is 32.1 Å². The summed E-state index contributed by atoms with van der Waals surface area (Å²) in [5.74, 6) is 0.838. The van der Waals surface area contributed by atoms with E-state index in [-0.39, 0.29) is 12.0 Å². The van der Waals surface area contributed by atoms with Crippen LogP contribution in [0.3, 0.4) is 0 Å². The van der Waals surface area contributed by atoms with Crippen molar-refractivity contribution in [3.05, 3.63) is 35.9 Å². The number of benzene rings is 1. The molecule has 3 heteroatoms. The third kappa shape index (κ3) is 4.80. The molecule has 21 heavy (non-hydrogen) atoms. The average molecular weight is 290 g/mol. The first-order chi connectivity index (χ1) is 10.2. The van der Waals surface area contributed by atoms with Crippen LogP contribution in [0.5, 0.6) is 0 Å². The van der Waals surface area contributed by atoms with Gasteiger partial charge in [0.2, 0.25) is 0 Å². The van der Waals surface area contributed by atoms with Crippen molar-refractivity contribution >= 4 is 0 Å². The van der Waals surface area contributed by atoms with E-state index < -0.39 is 0 Å². The Hall–Kier alpha value is -0.900. The molecular weight excluding hydrogens is 260 g/mol. The van der Waals surface area contributed by atoms with Gasteiger partial charge in [-0.25, -0.2) is 0 Å². The number of hydrogen-bond donors (Lipinski definition) is 2. The molecule has 1 aliphatic rings. The molecule has 0 amide bonds. The Balaban J connectivity index is 2.00. The molecule has 0 aliphatic heterocycles. The third-order valence-corrected chi connectivity index (χ3v) is 4.99. The summed E-state index contributed by atoms with van der Waals surface area (Å²) in [7, 11) is 0. The zero-order valence-electron chi connectivity index (χ0n) is 13.3. The van der Waals surface area contributed by atoms with Gasteiger partial charge < -0.3 is 10.8 Å². The maximum Gasteiger partial charge on any atom is 0.0558 e. The summed E-state index contributed by atoms with van der Waals surface area (Å²) in [6.45, 7) is 5.95. The van der Waals surface area contributed by atoms with Gasteiger partial charge in [-0.2, -0.15) is 0 Å². The molecule has 118 valence electrons. The maximum atomic E-state index is 9.37. The van der Waals surface area contributed by atoms with E-state index in [1.807, 2.05) is 6.07 Å². The average Bonchev–Trinajstić information content (AvgIpc) is 2.51. The van der Waals surface area contributed by atoms with Crippen LogP contribution in [-0.4, -0.2) is 36.2 Å². The summed E-state index contributed by atoms with van der Waals surface area (Å²) in [6.07, 6.45) is 5.02. The summed E-state index contributed by atoms with van der Waals surface area (Å²) < 4.78 is 0. The second-order valence-electron chi connectivity index (χ2n) is 6.81. The van der Waals surface area contributed by atoms with Crippen LogP contribution in [0.1, 0.15) is 38.2 Å². The first kappa shape index (κ1) is 16.5. The topological polar surface area (TPSA) is 49.5 Å². The van der Waals surface area contributed by atoms with Gasteiger partial charge >= 0.3 is 0 Å². The molecule has 0 bridgehead atoms. The molecule has 1 fully saturated rings. The van der Waals surface area contributed by atoms with Crippen LogP contribution in [0.15, 0.2) is 30.3 Å². The maximum absolute atomic E-state index is 9.37. The first-order valence-corrected chi connectivity index (χ1v) is 8.25. The lowest BCUT2D eigenvalue weighted by Crippen LogP contribution is -2.45. The van der Waals surface area contributed by atoms with Gasteiger partial charge in [0.15, 0.2) is 0 Å². The summed E-state index contributed by atoms with van der Waals surface area (Å²) >= 11 is 0. The van der Waals surface area contributed by atoms with Crippen LogP contribution >= 0.6 is 0 Å². The van der Waals surface area contributed by atoms with Crippen molar-refractivity contribution in [3.63, 3.8) is 0 Å². The fraction of sp³-hybridized carbons (Fsp3) is 0.667. The predicted octanol–water partition coefficient (Wildman–Crippen LogP) is 2.64. The van der Waals surface area contributed by atoms with Gasteiger partial charge in [-0.1, -0.05) is 50.1 Å². The molecule has 0 radical (unpaired) electrons. The second-order valence-corrected chi connectivity index (χ2v) is 6.81. The van der Waals surface area contributed by atoms with Crippen molar-refractivity contribution in [3.8, 4) is 0 Å². The molecular formula is C18H30N2O. The fourth-order valence-corrected chi connectivity index (χ4v) is 3.47. The SMILES string of the molecule is CC1CCC(CN)(CN(CCO)Cc2ccccc2)CC1. The van der Waals surface area contributed by atoms with Crippen molar-refractivity contribution in [2.24, 2.45) is 17.1 Å². The Kier molecular flexibility index (Phi) is 6.22. The van der Waals surface area contributed by atoms with Gasteiger partial charge in [0.25, 0.3) is 0 Å². The van der Waals surface area contributed by atoms with Gasteiger partial charge in [0, 0.05) is 19.6 Å². The van der Waals surface area contributed by atoms with Crippen LogP contribution in [0.2, 0.25) is 0 Å². The van der Waals surface area contributed by atoms with Crippen LogP contribution in [0.4, 0.5) is 0 Å². The molecule has 3 nitrogen and oxygen atoms in total. The highest BCUT2D eigenvalue weighted by molar-refractivity contribution is 5.14. The molecule has 0 atom stereocenters. The van der Waals surface area contributed by atoms with Crippen LogP contribution in [0.25, 0.3) is 0 Å². The molecule has 0 heterocycles. The minimum absolute atomic E-state index is 0.212. The third-order valence-electron chi connectivity index (χ3n) is 4.99. The molecule has 1 aliphatic carbocycles. The van der Waals surface area contributed by atoms with Crippen LogP contribution in [0, 0.1) is 11.3 Å². The van der Waals surface area contributed by atoms with Gasteiger partial charge in [0.05, 0.1) is 6.61 Å². The van der Waals surface area contributed by atoms with E-state index in [0.29, 0.717) is 0 Å². The first-order valence-electron chi connectivity index (χ1n) is 8.25. The summed E-state index contributed by atoms with van der Waals surface area (Å²) in [4.78, 5) is 2.37. The minimum Gasteiger partial charge on any atom is -0.395 e. The van der Waals surface area contributed by atoms with Crippen LogP contribution in [-0.2, 0) is 6.54 Å². The molecule has 1 aromatic rings. The lowest BCUT2D eigenvalue weighted by molar-refractivity contribution is 0.0788. The monoisotopic (exact) mass is 290 g/mol. The molecule has 3 N–H and O–H groups in total. The number of aliphatic hydroxyl groups is 1. The Labute approximate surface area is 129 Å². The molecule has 1 aromatic carbocycles. The lowest BCUT2D eigenvalue weighted by Gasteiger charge is -2.42. The van der Waals surface area contributed by atoms with Crippen molar-refractivity contribution < 1.29 is 5.11 Å². The number of hydrogen-bond acceptors (Lipinski definition) is 3. The Bertz CT molecular complexity index is 399. The number of nitrogens with two attached hydrogens (primary N) is 1. The molecule has 0 spiro atoms. The van der Waals surface area contributed by atoms with Crippen molar-refractivity contribution in [1.82, 2.24) is 4.90 Å². The number of rotatable bonds is 7. The lowest BCUT2D eigenvalue weighted by atomic mass is 9.70. The van der Waals surface area contributed by atoms with Crippen molar-refractivity contribution in [2.45, 2.75) is 39.2 Å². The molecule has 0 aromatic heterocycles. The largest absolute Gasteiger partial charge is 0.395 e. The molecule has 1 saturated carbocycles. The highest BCUT2D eigenvalue weighted by atomic mass is 16.3. The highest BCUT2D eigenvalue weighted by Gasteiger charge is 2.34. The molecule has 2 rings (SSSR count). The normalized spacial score (nSPS) is 26.2. The Morgan fingerprint density at radius 2 is 1.90 bits per heavy atom. The summed E-state index contributed by atoms with van der Waals surface area (Å²) in [5.41, 5.74) is 7.69. The minimum atomic E-state index is 0.212. The molecule has 0 saturated heterocycles. The Morgan fingerprint density at radius 3 is 2.48 bits per heavy atom. The van der Waals surface area contributed by atoms with Gasteiger partial charge in [-0.3, -0.25) is 4.90 Å². The van der Waals surface area contributed by atoms with Gasteiger partial charge in [-0.05, 0) is 36.3 Å². The zero-order valence-corrected chi connectivity index (χ0v) is 13.3. The quantitative estimate of drug-likeness (QED) is 0.811. The van der Waals surface area contributed by atoms with E-state index in [9.17, 15) is 5.11 Å². The summed E-state index contributed by atoms with van der Waals surface area (Å²) in [5, 5.41) is 9.37. The molecule has 0 unspecified atom stereocenters. The van der Waals surface area contributed by atoms with E-state index >= 15 is 0 Å². The van der Waals surface area contributed by atoms with E-state index in [1.165, 1.54) is 31.2 Å². The highest BCUT2D eigenvalue weighted by Crippen LogP contribution is 2.38. The number of nitrogens with zero attached hydrogens (tertiary/aromatic N) is 1. The standard InChI is InChI=1S/C18H30N2O/c1-16-7-9-18(14-19,10-8-16)15-20(11-12-21)13-17-5-3-2-4-6-17/h2-6,16,21H,7-15,19H2,1H3. The zero-order chi connectivity index (χ0) is 15.1. The van der Waals surface area contributed by atoms with E-state index in [4.69, 9.17) is 5.73 Å². The number of aliphatic hydroxyl groups excluding tert-OH is 1. The van der Waals surface area contributed by atoms with Gasteiger partial charge in [-0.15, -0.1) is 0 Å². The smallest absolute Gasteiger partial charge is 0.0558 e. The second kappa shape index (κ2) is 7.92. The Morgan fingerprint density at radius 1 is 1.24 bits per heavy atom. The predicted molar refractivity (Wildman–Crippen MR) is 87.9 cm³/mol. The van der Waals surface area contributed by atoms with Crippen molar-refractivity contribution in [2.75, 3.05) is 26.2 Å². The van der Waals surface area contributed by atoms with Crippen LogP contribution < -0.4 is 5.73 Å². The van der Waals surface area contributed by atoms with E-state index in [2.05, 4.69) is 36.1 Å². The summed E-state index contributed by atoms with van der Waals surface area (Å²) in [6, 6.07) is 10.5. The van der Waals surface area contributed by atoms with E-state index in [1.54, 1.807) is 0 Å². The fourth-order valence-electron chi connectivity index (χ4n) is 3.47. The van der Waals surface area contributed by atoms with Gasteiger partial charge in [0.1, 0.15) is 0 Å². The van der Waals surface area contributed by atoms with Crippen molar-refractivity contribution in [1.29, 1.82) is 0 Å².